The molecule has 2 saturated heterocycles. The number of fused-ring (bicyclic) bond motifs is 1. The Labute approximate surface area is 116 Å². The van der Waals surface area contributed by atoms with E-state index >= 15 is 0 Å². The maximum absolute atomic E-state index is 12.2. The molecule has 2 unspecified atom stereocenters. The normalized spacial score (nSPS) is 35.1. The van der Waals surface area contributed by atoms with Gasteiger partial charge in [0.25, 0.3) is 0 Å². The fourth-order valence-electron chi connectivity index (χ4n) is 3.36. The molecular weight excluding hydrogens is 260 g/mol. The highest BCUT2D eigenvalue weighted by Gasteiger charge is 2.66. The Morgan fingerprint density at radius 3 is 2.85 bits per heavy atom. The van der Waals surface area contributed by atoms with E-state index in [4.69, 9.17) is 5.26 Å². The summed E-state index contributed by atoms with van der Waals surface area (Å²) in [4.78, 5) is 25.2. The number of hydrogen-bond donors (Lipinski definition) is 2. The van der Waals surface area contributed by atoms with E-state index in [-0.39, 0.29) is 18.4 Å². The van der Waals surface area contributed by atoms with Gasteiger partial charge in [0, 0.05) is 12.5 Å². The number of carbonyl (C=O) groups is 2. The quantitative estimate of drug-likeness (QED) is 0.441. The molecule has 6 heteroatoms. The van der Waals surface area contributed by atoms with Crippen molar-refractivity contribution in [3.63, 3.8) is 0 Å². The van der Waals surface area contributed by atoms with Gasteiger partial charge in [0.15, 0.2) is 5.54 Å². The first-order valence-corrected chi connectivity index (χ1v) is 6.36. The average molecular weight is 276 g/mol. The number of aliphatic hydroxyl groups excluding tert-OH is 1. The standard InChI is InChI=1S/C14H16N2O4/c1-3-5-14(13(19)20)9(4-6-15)7-10-11(8(2)17)12(18)16(10)14/h3-4,8,10-11,17H,1,5,7H2,2H3,(H,19,20)/b9-4+/t8?,10-,11-,14?/m1/s1. The molecule has 6 nitrogen and oxygen atoms in total. The molecule has 0 aromatic carbocycles. The van der Waals surface area contributed by atoms with Crippen LogP contribution in [0.1, 0.15) is 19.8 Å². The minimum atomic E-state index is -1.52. The molecule has 0 aromatic heterocycles. The number of rotatable bonds is 4. The van der Waals surface area contributed by atoms with Crippen LogP contribution in [0.4, 0.5) is 0 Å². The number of nitriles is 1. The van der Waals surface area contributed by atoms with Crippen LogP contribution in [-0.4, -0.2) is 44.7 Å². The highest BCUT2D eigenvalue weighted by Crippen LogP contribution is 2.51. The molecule has 0 saturated carbocycles. The lowest BCUT2D eigenvalue weighted by Crippen LogP contribution is -2.69. The maximum Gasteiger partial charge on any atom is 0.334 e. The number of β-lactam (4-membered cyclic amide) rings is 1. The molecule has 1 amide bonds. The topological polar surface area (TPSA) is 102 Å². The number of amides is 1. The number of allylic oxidation sites excluding steroid dienone is 1. The van der Waals surface area contributed by atoms with Crippen LogP contribution >= 0.6 is 0 Å². The molecule has 0 radical (unpaired) electrons. The zero-order chi connectivity index (χ0) is 15.1. The Hall–Kier alpha value is -2.13. The summed E-state index contributed by atoms with van der Waals surface area (Å²) in [6.07, 6.45) is 2.15. The molecule has 4 atom stereocenters. The number of aliphatic carboxylic acids is 1. The number of hydrogen-bond acceptors (Lipinski definition) is 4. The molecule has 0 aliphatic carbocycles. The number of nitrogens with zero attached hydrogens (tertiary/aromatic N) is 2. The van der Waals surface area contributed by atoms with Crippen molar-refractivity contribution in [1.29, 1.82) is 5.26 Å². The maximum atomic E-state index is 12.2. The molecular formula is C14H16N2O4. The zero-order valence-corrected chi connectivity index (χ0v) is 11.1. The fraction of sp³-hybridized carbons (Fsp3) is 0.500. The van der Waals surface area contributed by atoms with Crippen LogP contribution in [0.2, 0.25) is 0 Å². The van der Waals surface area contributed by atoms with Crippen molar-refractivity contribution < 1.29 is 19.8 Å². The third-order valence-electron chi connectivity index (χ3n) is 4.19. The van der Waals surface area contributed by atoms with Crippen LogP contribution in [0.5, 0.6) is 0 Å². The van der Waals surface area contributed by atoms with E-state index in [1.54, 1.807) is 0 Å². The van der Waals surface area contributed by atoms with E-state index in [1.165, 1.54) is 24.0 Å². The van der Waals surface area contributed by atoms with Crippen molar-refractivity contribution in [1.82, 2.24) is 4.90 Å². The van der Waals surface area contributed by atoms with Gasteiger partial charge >= 0.3 is 5.97 Å². The van der Waals surface area contributed by atoms with Gasteiger partial charge in [-0.1, -0.05) is 6.08 Å². The van der Waals surface area contributed by atoms with Crippen LogP contribution in [0, 0.1) is 17.2 Å². The molecule has 106 valence electrons. The fourth-order valence-corrected chi connectivity index (χ4v) is 3.36. The summed E-state index contributed by atoms with van der Waals surface area (Å²) in [7, 11) is 0. The summed E-state index contributed by atoms with van der Waals surface area (Å²) < 4.78 is 0. The van der Waals surface area contributed by atoms with E-state index in [2.05, 4.69) is 6.58 Å². The lowest BCUT2D eigenvalue weighted by atomic mass is 9.82. The second-order valence-electron chi connectivity index (χ2n) is 5.20. The van der Waals surface area contributed by atoms with Gasteiger partial charge in [-0.05, 0) is 18.9 Å². The molecule has 2 aliphatic rings. The molecule has 20 heavy (non-hydrogen) atoms. The van der Waals surface area contributed by atoms with Crippen molar-refractivity contribution in [3.8, 4) is 6.07 Å². The second-order valence-corrected chi connectivity index (χ2v) is 5.20. The van der Waals surface area contributed by atoms with Gasteiger partial charge in [-0.2, -0.15) is 5.26 Å². The van der Waals surface area contributed by atoms with Gasteiger partial charge in [0.1, 0.15) is 0 Å². The van der Waals surface area contributed by atoms with Gasteiger partial charge in [-0.15, -0.1) is 6.58 Å². The van der Waals surface area contributed by atoms with E-state index in [0.717, 1.165) is 0 Å². The second kappa shape index (κ2) is 4.76. The van der Waals surface area contributed by atoms with Crippen molar-refractivity contribution in [2.75, 3.05) is 0 Å². The summed E-state index contributed by atoms with van der Waals surface area (Å²) in [6, 6.07) is 1.48. The molecule has 0 spiro atoms. The SMILES string of the molecule is C=CCC1(C(=O)O)/C(=C/C#N)C[C@@H]2[C@@H](C(C)O)C(=O)N21. The summed E-state index contributed by atoms with van der Waals surface area (Å²) in [5, 5.41) is 28.1. The highest BCUT2D eigenvalue weighted by molar-refractivity contribution is 5.97. The van der Waals surface area contributed by atoms with Crippen LogP contribution in [0.25, 0.3) is 0 Å². The van der Waals surface area contributed by atoms with Gasteiger partial charge < -0.3 is 15.1 Å². The molecule has 2 N–H and O–H groups in total. The van der Waals surface area contributed by atoms with E-state index < -0.39 is 23.5 Å². The average Bonchev–Trinajstić information content (AvgIpc) is 2.61. The Bertz CT molecular complexity index is 546. The van der Waals surface area contributed by atoms with Crippen LogP contribution in [0.15, 0.2) is 24.3 Å². The third kappa shape index (κ3) is 1.60. The molecule has 2 heterocycles. The van der Waals surface area contributed by atoms with E-state index in [1.807, 2.05) is 6.07 Å². The van der Waals surface area contributed by atoms with Crippen molar-refractivity contribution in [2.45, 2.75) is 37.5 Å². The van der Waals surface area contributed by atoms with Gasteiger partial charge in [-0.25, -0.2) is 4.79 Å². The Morgan fingerprint density at radius 1 is 1.75 bits per heavy atom. The Balaban J connectivity index is 2.52. The summed E-state index contributed by atoms with van der Waals surface area (Å²) in [5.41, 5.74) is -1.13. The lowest BCUT2D eigenvalue weighted by molar-refractivity contribution is -0.177. The molecule has 2 rings (SSSR count). The lowest BCUT2D eigenvalue weighted by Gasteiger charge is -2.50. The zero-order valence-electron chi connectivity index (χ0n) is 11.1. The number of carboxylic acids is 1. The minimum absolute atomic E-state index is 0.0462. The highest BCUT2D eigenvalue weighted by atomic mass is 16.4. The van der Waals surface area contributed by atoms with Crippen LogP contribution < -0.4 is 0 Å². The Morgan fingerprint density at radius 2 is 2.40 bits per heavy atom. The summed E-state index contributed by atoms with van der Waals surface area (Å²) >= 11 is 0. The Kier molecular flexibility index (Phi) is 3.40. The predicted molar refractivity (Wildman–Crippen MR) is 69.3 cm³/mol. The third-order valence-corrected chi connectivity index (χ3v) is 4.19. The van der Waals surface area contributed by atoms with Crippen LogP contribution in [0.3, 0.4) is 0 Å². The number of carbonyl (C=O) groups excluding carboxylic acids is 1. The molecule has 0 aromatic rings. The molecule has 2 aliphatic heterocycles. The first-order chi connectivity index (χ1) is 9.41. The molecule has 0 bridgehead atoms. The summed E-state index contributed by atoms with van der Waals surface area (Å²) in [5.74, 6) is -2.14. The van der Waals surface area contributed by atoms with Crippen molar-refractivity contribution >= 4 is 11.9 Å². The van der Waals surface area contributed by atoms with Crippen molar-refractivity contribution in [2.24, 2.45) is 5.92 Å². The van der Waals surface area contributed by atoms with Crippen molar-refractivity contribution in [3.05, 3.63) is 24.3 Å². The van der Waals surface area contributed by atoms with Gasteiger partial charge in [0.2, 0.25) is 5.91 Å². The first kappa shape index (κ1) is 14.3. The first-order valence-electron chi connectivity index (χ1n) is 6.36. The number of carboxylic acid groups (broad SMARTS) is 1. The van der Waals surface area contributed by atoms with Gasteiger partial charge in [-0.3, -0.25) is 4.79 Å². The predicted octanol–water partition coefficient (Wildman–Crippen LogP) is 0.447. The smallest absolute Gasteiger partial charge is 0.334 e. The van der Waals surface area contributed by atoms with Crippen LogP contribution in [-0.2, 0) is 9.59 Å². The van der Waals surface area contributed by atoms with E-state index in [0.29, 0.717) is 12.0 Å². The largest absolute Gasteiger partial charge is 0.479 e. The number of aliphatic hydroxyl groups is 1. The van der Waals surface area contributed by atoms with Gasteiger partial charge in [0.05, 0.1) is 24.1 Å². The molecule has 2 fully saturated rings. The van der Waals surface area contributed by atoms with E-state index in [9.17, 15) is 19.8 Å². The minimum Gasteiger partial charge on any atom is -0.479 e. The monoisotopic (exact) mass is 276 g/mol. The summed E-state index contributed by atoms with van der Waals surface area (Å²) in [6.45, 7) is 5.06.